The van der Waals surface area contributed by atoms with Crippen molar-refractivity contribution < 1.29 is 23.1 Å². The number of aliphatic hydroxyl groups is 1. The van der Waals surface area contributed by atoms with Crippen molar-refractivity contribution in [3.05, 3.63) is 65.7 Å². The van der Waals surface area contributed by atoms with Crippen LogP contribution in [0, 0.1) is 6.92 Å². The summed E-state index contributed by atoms with van der Waals surface area (Å²) in [5.41, 5.74) is 1.56. The highest BCUT2D eigenvalue weighted by Gasteiger charge is 2.32. The van der Waals surface area contributed by atoms with E-state index in [1.165, 1.54) is 23.1 Å². The molecule has 0 fully saturated rings. The number of nitrogens with one attached hydrogen (secondary N) is 1. The van der Waals surface area contributed by atoms with Gasteiger partial charge in [0.25, 0.3) is 5.91 Å². The lowest BCUT2D eigenvalue weighted by Gasteiger charge is -2.12. The Hall–Kier alpha value is -3.86. The molecule has 1 atom stereocenters. The Morgan fingerprint density at radius 3 is 2.64 bits per heavy atom. The van der Waals surface area contributed by atoms with Crippen molar-refractivity contribution in [1.29, 1.82) is 0 Å². The summed E-state index contributed by atoms with van der Waals surface area (Å²) in [7, 11) is 0. The van der Waals surface area contributed by atoms with Gasteiger partial charge in [-0.2, -0.15) is 18.3 Å². The van der Waals surface area contributed by atoms with Gasteiger partial charge in [0.15, 0.2) is 5.82 Å². The van der Waals surface area contributed by atoms with E-state index >= 15 is 0 Å². The predicted octanol–water partition coefficient (Wildman–Crippen LogP) is 3.85. The highest BCUT2D eigenvalue weighted by molar-refractivity contribution is 6.03. The zero-order valence-electron chi connectivity index (χ0n) is 17.6. The number of hydrogen-bond acceptors (Lipinski definition) is 6. The normalized spacial score (nSPS) is 12.7. The number of anilines is 1. The lowest BCUT2D eigenvalue weighted by atomic mass is 10.1. The fourth-order valence-electron chi connectivity index (χ4n) is 3.27. The van der Waals surface area contributed by atoms with E-state index in [0.29, 0.717) is 22.8 Å². The Morgan fingerprint density at radius 2 is 1.94 bits per heavy atom. The van der Waals surface area contributed by atoms with Crippen LogP contribution in [0.1, 0.15) is 28.7 Å². The van der Waals surface area contributed by atoms with Gasteiger partial charge in [-0.25, -0.2) is 15.0 Å². The second kappa shape index (κ2) is 8.58. The maximum atomic E-state index is 12.9. The number of carbonyl (C=O) groups is 1. The first-order valence-electron chi connectivity index (χ1n) is 9.95. The zero-order chi connectivity index (χ0) is 23.8. The van der Waals surface area contributed by atoms with E-state index in [-0.39, 0.29) is 23.5 Å². The molecule has 0 aliphatic heterocycles. The van der Waals surface area contributed by atoms with Crippen molar-refractivity contribution >= 4 is 22.6 Å². The van der Waals surface area contributed by atoms with Gasteiger partial charge in [0.2, 0.25) is 0 Å². The topological polar surface area (TPSA) is 106 Å². The number of aromatic nitrogens is 5. The number of aryl methyl sites for hydroxylation is 1. The Kier molecular flexibility index (Phi) is 5.81. The van der Waals surface area contributed by atoms with Gasteiger partial charge in [0, 0.05) is 17.4 Å². The smallest absolute Gasteiger partial charge is 0.391 e. The summed E-state index contributed by atoms with van der Waals surface area (Å²) in [5, 5.41) is 16.4. The standard InChI is InChI=1S/C22H19F3N6O2/c1-12-9-14(20-26-10-17-16(29-20)5-6-19(28-17)22(23,24)25)3-4-15(12)30-21(33)18-7-8-27-31(18)11-13(2)32/h3-10,13,32H,11H2,1-2H3,(H,30,33). The van der Waals surface area contributed by atoms with Crippen LogP contribution in [0.15, 0.2) is 48.8 Å². The Bertz CT molecular complexity index is 1330. The van der Waals surface area contributed by atoms with Crippen LogP contribution in [-0.2, 0) is 12.7 Å². The summed E-state index contributed by atoms with van der Waals surface area (Å²) >= 11 is 0. The summed E-state index contributed by atoms with van der Waals surface area (Å²) < 4.78 is 40.0. The second-order valence-corrected chi connectivity index (χ2v) is 7.52. The lowest BCUT2D eigenvalue weighted by molar-refractivity contribution is -0.140. The van der Waals surface area contributed by atoms with Crippen LogP contribution < -0.4 is 5.32 Å². The van der Waals surface area contributed by atoms with Gasteiger partial charge < -0.3 is 10.4 Å². The first kappa shape index (κ1) is 22.3. The number of alkyl halides is 3. The van der Waals surface area contributed by atoms with E-state index in [0.717, 1.165) is 11.6 Å². The molecule has 8 nitrogen and oxygen atoms in total. The minimum atomic E-state index is -4.54. The van der Waals surface area contributed by atoms with Crippen molar-refractivity contribution in [3.63, 3.8) is 0 Å². The van der Waals surface area contributed by atoms with Crippen LogP contribution in [0.3, 0.4) is 0 Å². The number of rotatable bonds is 5. The van der Waals surface area contributed by atoms with Gasteiger partial charge in [-0.05, 0) is 55.8 Å². The number of halogens is 3. The molecular formula is C22H19F3N6O2. The third-order valence-electron chi connectivity index (χ3n) is 4.85. The van der Waals surface area contributed by atoms with Gasteiger partial charge in [0.1, 0.15) is 16.9 Å². The molecule has 170 valence electrons. The predicted molar refractivity (Wildman–Crippen MR) is 114 cm³/mol. The van der Waals surface area contributed by atoms with E-state index < -0.39 is 18.0 Å². The molecule has 0 saturated heterocycles. The highest BCUT2D eigenvalue weighted by Crippen LogP contribution is 2.29. The molecule has 3 aromatic heterocycles. The van der Waals surface area contributed by atoms with Crippen LogP contribution in [0.2, 0.25) is 0 Å². The van der Waals surface area contributed by atoms with E-state index in [4.69, 9.17) is 0 Å². The largest absolute Gasteiger partial charge is 0.433 e. The van der Waals surface area contributed by atoms with Crippen LogP contribution in [0.25, 0.3) is 22.4 Å². The van der Waals surface area contributed by atoms with E-state index in [1.807, 2.05) is 0 Å². The average molecular weight is 456 g/mol. The third kappa shape index (κ3) is 4.82. The van der Waals surface area contributed by atoms with Gasteiger partial charge in [-0.1, -0.05) is 0 Å². The monoisotopic (exact) mass is 456 g/mol. The number of carbonyl (C=O) groups excluding carboxylic acids is 1. The third-order valence-corrected chi connectivity index (χ3v) is 4.85. The van der Waals surface area contributed by atoms with Gasteiger partial charge in [-0.15, -0.1) is 0 Å². The molecule has 4 aromatic rings. The lowest BCUT2D eigenvalue weighted by Crippen LogP contribution is -2.22. The number of nitrogens with zero attached hydrogens (tertiary/aromatic N) is 5. The quantitative estimate of drug-likeness (QED) is 0.473. The van der Waals surface area contributed by atoms with Crippen molar-refractivity contribution in [2.75, 3.05) is 5.32 Å². The van der Waals surface area contributed by atoms with Crippen molar-refractivity contribution in [2.45, 2.75) is 32.7 Å². The first-order chi connectivity index (χ1) is 15.6. The first-order valence-corrected chi connectivity index (χ1v) is 9.95. The summed E-state index contributed by atoms with van der Waals surface area (Å²) in [6.45, 7) is 3.59. The van der Waals surface area contributed by atoms with Crippen molar-refractivity contribution in [1.82, 2.24) is 24.7 Å². The molecule has 0 radical (unpaired) electrons. The summed E-state index contributed by atoms with van der Waals surface area (Å²) in [6, 6.07) is 8.86. The summed E-state index contributed by atoms with van der Waals surface area (Å²) in [6.07, 6.45) is -2.47. The van der Waals surface area contributed by atoms with Crippen molar-refractivity contribution in [3.8, 4) is 11.4 Å². The minimum Gasteiger partial charge on any atom is -0.391 e. The Morgan fingerprint density at radius 1 is 1.15 bits per heavy atom. The highest BCUT2D eigenvalue weighted by atomic mass is 19.4. The van der Waals surface area contributed by atoms with Gasteiger partial charge >= 0.3 is 6.18 Å². The minimum absolute atomic E-state index is 0.0444. The molecule has 1 unspecified atom stereocenters. The average Bonchev–Trinajstić information content (AvgIpc) is 3.21. The summed E-state index contributed by atoms with van der Waals surface area (Å²) in [5.74, 6) is -0.0578. The molecule has 1 amide bonds. The molecule has 11 heteroatoms. The maximum Gasteiger partial charge on any atom is 0.433 e. The van der Waals surface area contributed by atoms with E-state index in [2.05, 4.69) is 25.4 Å². The molecule has 0 aliphatic carbocycles. The second-order valence-electron chi connectivity index (χ2n) is 7.52. The van der Waals surface area contributed by atoms with Crippen LogP contribution >= 0.6 is 0 Å². The molecule has 4 rings (SSSR count). The van der Waals surface area contributed by atoms with Crippen molar-refractivity contribution in [2.24, 2.45) is 0 Å². The van der Waals surface area contributed by atoms with Crippen LogP contribution in [0.4, 0.5) is 18.9 Å². The van der Waals surface area contributed by atoms with Gasteiger partial charge in [-0.3, -0.25) is 9.48 Å². The number of aliphatic hydroxyl groups excluding tert-OH is 1. The molecule has 0 saturated carbocycles. The molecular weight excluding hydrogens is 437 g/mol. The number of pyridine rings is 1. The molecule has 0 bridgehead atoms. The molecule has 3 heterocycles. The number of hydrogen-bond donors (Lipinski definition) is 2. The SMILES string of the molecule is Cc1cc(-c2ncc3nc(C(F)(F)F)ccc3n2)ccc1NC(=O)c1ccnn1CC(C)O. The fraction of sp³-hybridized carbons (Fsp3) is 0.227. The fourth-order valence-corrected chi connectivity index (χ4v) is 3.27. The molecule has 1 aromatic carbocycles. The Balaban J connectivity index is 1.57. The Labute approximate surface area is 186 Å². The van der Waals surface area contributed by atoms with E-state index in [9.17, 15) is 23.1 Å². The molecule has 2 N–H and O–H groups in total. The maximum absolute atomic E-state index is 12.9. The number of benzene rings is 1. The molecule has 0 spiro atoms. The van der Waals surface area contributed by atoms with Crippen LogP contribution in [0.5, 0.6) is 0 Å². The van der Waals surface area contributed by atoms with Crippen LogP contribution in [-0.4, -0.2) is 41.9 Å². The molecule has 33 heavy (non-hydrogen) atoms. The number of fused-ring (bicyclic) bond motifs is 1. The summed E-state index contributed by atoms with van der Waals surface area (Å²) in [4.78, 5) is 24.7. The number of amides is 1. The zero-order valence-corrected chi connectivity index (χ0v) is 17.6. The van der Waals surface area contributed by atoms with Gasteiger partial charge in [0.05, 0.1) is 24.4 Å². The van der Waals surface area contributed by atoms with E-state index in [1.54, 1.807) is 38.1 Å². The molecule has 0 aliphatic rings.